The molecule has 9 heteroatoms. The minimum Gasteiger partial charge on any atom is -0.444 e. The van der Waals surface area contributed by atoms with Crippen LogP contribution in [0, 0.1) is 5.82 Å². The smallest absolute Gasteiger partial charge is 0.407 e. The van der Waals surface area contributed by atoms with Gasteiger partial charge in [0.2, 0.25) is 0 Å². The van der Waals surface area contributed by atoms with Crippen LogP contribution < -0.4 is 16.0 Å². The van der Waals surface area contributed by atoms with E-state index in [1.807, 2.05) is 0 Å². The molecule has 0 atom stereocenters. The predicted molar refractivity (Wildman–Crippen MR) is 109 cm³/mol. The Hall–Kier alpha value is -1.29. The van der Waals surface area contributed by atoms with Crippen molar-refractivity contribution in [3.05, 3.63) is 34.6 Å². The van der Waals surface area contributed by atoms with Crippen molar-refractivity contribution >= 4 is 47.6 Å². The lowest BCUT2D eigenvalue weighted by atomic mass is 10.2. The van der Waals surface area contributed by atoms with Gasteiger partial charge in [-0.25, -0.2) is 9.18 Å². The van der Waals surface area contributed by atoms with Crippen molar-refractivity contribution in [2.45, 2.75) is 32.9 Å². The number of carbonyl (C=O) groups excluding carboxylic acids is 1. The van der Waals surface area contributed by atoms with Crippen LogP contribution in [0.4, 0.5) is 9.18 Å². The molecule has 1 aromatic carbocycles. The largest absolute Gasteiger partial charge is 0.444 e. The van der Waals surface area contributed by atoms with Gasteiger partial charge in [-0.15, -0.1) is 24.0 Å². The van der Waals surface area contributed by atoms with Gasteiger partial charge in [0, 0.05) is 26.7 Å². The number of hydrogen-bond donors (Lipinski definition) is 3. The first kappa shape index (κ1) is 23.7. The molecular weight excluding hydrogens is 462 g/mol. The lowest BCUT2D eigenvalue weighted by molar-refractivity contribution is 0.0529. The normalized spacial score (nSPS) is 11.4. The fraction of sp³-hybridized carbons (Fsp3) is 0.500. The molecule has 0 aliphatic carbocycles. The van der Waals surface area contributed by atoms with Crippen LogP contribution in [0.5, 0.6) is 0 Å². The zero-order chi connectivity index (χ0) is 18.2. The quantitative estimate of drug-likeness (QED) is 0.258. The summed E-state index contributed by atoms with van der Waals surface area (Å²) in [6.07, 6.45) is -0.465. The zero-order valence-corrected chi connectivity index (χ0v) is 17.9. The average molecular weight is 487 g/mol. The Morgan fingerprint density at radius 2 is 1.88 bits per heavy atom. The molecule has 3 N–H and O–H groups in total. The van der Waals surface area contributed by atoms with Gasteiger partial charge in [0.05, 0.1) is 5.02 Å². The Kier molecular flexibility index (Phi) is 10.8. The van der Waals surface area contributed by atoms with Gasteiger partial charge >= 0.3 is 6.09 Å². The number of carbonyl (C=O) groups is 1. The van der Waals surface area contributed by atoms with Crippen LogP contribution in [-0.2, 0) is 11.3 Å². The Labute approximate surface area is 170 Å². The summed E-state index contributed by atoms with van der Waals surface area (Å²) in [5.74, 6) is 0.109. The van der Waals surface area contributed by atoms with Crippen molar-refractivity contribution in [3.63, 3.8) is 0 Å². The third kappa shape index (κ3) is 10.3. The molecule has 1 rings (SSSR count). The highest BCUT2D eigenvalue weighted by molar-refractivity contribution is 14.0. The molecule has 0 saturated carbocycles. The second-order valence-electron chi connectivity index (χ2n) is 6.03. The fourth-order valence-corrected chi connectivity index (χ4v) is 1.92. The number of amides is 1. The van der Waals surface area contributed by atoms with E-state index in [0.29, 0.717) is 25.6 Å². The second-order valence-corrected chi connectivity index (χ2v) is 6.44. The number of halogens is 3. The molecule has 142 valence electrons. The van der Waals surface area contributed by atoms with E-state index in [-0.39, 0.29) is 29.0 Å². The van der Waals surface area contributed by atoms with Crippen molar-refractivity contribution in [2.24, 2.45) is 4.99 Å². The second kappa shape index (κ2) is 11.3. The van der Waals surface area contributed by atoms with Gasteiger partial charge in [-0.1, -0.05) is 17.7 Å². The van der Waals surface area contributed by atoms with E-state index < -0.39 is 17.5 Å². The summed E-state index contributed by atoms with van der Waals surface area (Å²) in [5, 5.41) is 8.84. The van der Waals surface area contributed by atoms with E-state index in [1.165, 1.54) is 6.07 Å². The predicted octanol–water partition coefficient (Wildman–Crippen LogP) is 3.29. The maximum Gasteiger partial charge on any atom is 0.407 e. The molecule has 0 radical (unpaired) electrons. The first-order chi connectivity index (χ1) is 11.2. The maximum atomic E-state index is 13.1. The highest BCUT2D eigenvalue weighted by atomic mass is 127. The number of nitrogens with zero attached hydrogens (tertiary/aromatic N) is 1. The first-order valence-corrected chi connectivity index (χ1v) is 7.94. The van der Waals surface area contributed by atoms with E-state index in [4.69, 9.17) is 16.3 Å². The molecule has 0 saturated heterocycles. The summed E-state index contributed by atoms with van der Waals surface area (Å²) >= 11 is 5.74. The standard InChI is InChI=1S/C16H24ClFN4O2.HI/c1-16(2,3)24-15(23)21-8-7-20-14(19-4)22-10-11-5-6-13(18)12(17)9-11;/h5-6,9H,7-8,10H2,1-4H3,(H,21,23)(H2,19,20,22);1H. The average Bonchev–Trinajstić information content (AvgIpc) is 2.48. The Morgan fingerprint density at radius 3 is 2.44 bits per heavy atom. The molecule has 1 amide bonds. The van der Waals surface area contributed by atoms with Crippen LogP contribution in [0.15, 0.2) is 23.2 Å². The molecule has 0 aromatic heterocycles. The molecule has 0 bridgehead atoms. The van der Waals surface area contributed by atoms with E-state index >= 15 is 0 Å². The Bertz CT molecular complexity index is 594. The number of alkyl carbamates (subject to hydrolysis) is 1. The number of benzene rings is 1. The van der Waals surface area contributed by atoms with Gasteiger partial charge in [-0.3, -0.25) is 4.99 Å². The third-order valence-electron chi connectivity index (χ3n) is 2.75. The highest BCUT2D eigenvalue weighted by Crippen LogP contribution is 2.15. The molecule has 0 spiro atoms. The minimum absolute atomic E-state index is 0. The molecule has 0 aliphatic rings. The number of rotatable bonds is 5. The minimum atomic E-state index is -0.522. The summed E-state index contributed by atoms with van der Waals surface area (Å²) in [7, 11) is 1.63. The van der Waals surface area contributed by atoms with Gasteiger partial charge in [0.15, 0.2) is 5.96 Å². The lowest BCUT2D eigenvalue weighted by Gasteiger charge is -2.20. The zero-order valence-electron chi connectivity index (χ0n) is 14.8. The van der Waals surface area contributed by atoms with Gasteiger partial charge in [0.1, 0.15) is 11.4 Å². The van der Waals surface area contributed by atoms with Crippen LogP contribution in [0.25, 0.3) is 0 Å². The summed E-state index contributed by atoms with van der Waals surface area (Å²) in [5.41, 5.74) is 0.308. The summed E-state index contributed by atoms with van der Waals surface area (Å²) < 4.78 is 18.2. The van der Waals surface area contributed by atoms with Gasteiger partial charge < -0.3 is 20.7 Å². The number of guanidine groups is 1. The third-order valence-corrected chi connectivity index (χ3v) is 3.04. The Morgan fingerprint density at radius 1 is 1.24 bits per heavy atom. The SMILES string of the molecule is CN=C(NCCNC(=O)OC(C)(C)C)NCc1ccc(F)c(Cl)c1.I. The molecule has 0 unspecified atom stereocenters. The monoisotopic (exact) mass is 486 g/mol. The summed E-state index contributed by atoms with van der Waals surface area (Å²) in [6, 6.07) is 4.52. The van der Waals surface area contributed by atoms with E-state index in [9.17, 15) is 9.18 Å². The van der Waals surface area contributed by atoms with Crippen LogP contribution >= 0.6 is 35.6 Å². The van der Waals surface area contributed by atoms with Crippen molar-refractivity contribution in [3.8, 4) is 0 Å². The fourth-order valence-electron chi connectivity index (χ4n) is 1.72. The van der Waals surface area contributed by atoms with Crippen molar-refractivity contribution < 1.29 is 13.9 Å². The molecule has 6 nitrogen and oxygen atoms in total. The topological polar surface area (TPSA) is 74.8 Å². The molecular formula is C16H25ClFIN4O2. The summed E-state index contributed by atoms with van der Waals surface area (Å²) in [6.45, 7) is 6.72. The van der Waals surface area contributed by atoms with Crippen molar-refractivity contribution in [2.75, 3.05) is 20.1 Å². The van der Waals surface area contributed by atoms with Crippen LogP contribution in [-0.4, -0.2) is 37.8 Å². The molecule has 0 aliphatic heterocycles. The lowest BCUT2D eigenvalue weighted by Crippen LogP contribution is -2.42. The van der Waals surface area contributed by atoms with E-state index in [0.717, 1.165) is 5.56 Å². The van der Waals surface area contributed by atoms with E-state index in [1.54, 1.807) is 40.0 Å². The molecule has 1 aromatic rings. The summed E-state index contributed by atoms with van der Waals surface area (Å²) in [4.78, 5) is 15.6. The van der Waals surface area contributed by atoms with Gasteiger partial charge in [0.25, 0.3) is 0 Å². The van der Waals surface area contributed by atoms with Crippen LogP contribution in [0.3, 0.4) is 0 Å². The maximum absolute atomic E-state index is 13.1. The number of nitrogens with one attached hydrogen (secondary N) is 3. The van der Waals surface area contributed by atoms with Gasteiger partial charge in [-0.05, 0) is 38.5 Å². The molecule has 0 fully saturated rings. The number of aliphatic imine (C=N–C) groups is 1. The Balaban J connectivity index is 0.00000576. The highest BCUT2D eigenvalue weighted by Gasteiger charge is 2.15. The van der Waals surface area contributed by atoms with E-state index in [2.05, 4.69) is 20.9 Å². The number of ether oxygens (including phenoxy) is 1. The van der Waals surface area contributed by atoms with Crippen LogP contribution in [0.1, 0.15) is 26.3 Å². The van der Waals surface area contributed by atoms with Crippen molar-refractivity contribution in [1.82, 2.24) is 16.0 Å². The van der Waals surface area contributed by atoms with Gasteiger partial charge in [-0.2, -0.15) is 0 Å². The number of hydrogen-bond acceptors (Lipinski definition) is 3. The molecule has 25 heavy (non-hydrogen) atoms. The van der Waals surface area contributed by atoms with Crippen molar-refractivity contribution in [1.29, 1.82) is 0 Å². The molecule has 0 heterocycles. The van der Waals surface area contributed by atoms with Crippen LogP contribution in [0.2, 0.25) is 5.02 Å². The first-order valence-electron chi connectivity index (χ1n) is 7.56.